The van der Waals surface area contributed by atoms with Crippen molar-refractivity contribution in [1.82, 2.24) is 4.98 Å². The van der Waals surface area contributed by atoms with Gasteiger partial charge >= 0.3 is 5.69 Å². The summed E-state index contributed by atoms with van der Waals surface area (Å²) in [4.78, 5) is 14.1. The summed E-state index contributed by atoms with van der Waals surface area (Å²) in [6.07, 6.45) is 0. The second kappa shape index (κ2) is 5.88. The zero-order chi connectivity index (χ0) is 15.4. The molecule has 0 saturated carbocycles. The van der Waals surface area contributed by atoms with E-state index in [0.717, 1.165) is 5.56 Å². The summed E-state index contributed by atoms with van der Waals surface area (Å²) in [6, 6.07) is 11.9. The SMILES string of the molecule is CC(Nc1ccc([N+](=O)[O-])c(N)n1)c1ccc(C#N)cc1. The normalized spacial score (nSPS) is 11.4. The van der Waals surface area contributed by atoms with Gasteiger partial charge in [0.05, 0.1) is 16.6 Å². The Morgan fingerprint density at radius 2 is 2.00 bits per heavy atom. The van der Waals surface area contributed by atoms with Gasteiger partial charge in [-0.1, -0.05) is 12.1 Å². The zero-order valence-electron chi connectivity index (χ0n) is 11.3. The number of nitrogens with zero attached hydrogens (tertiary/aromatic N) is 3. The Morgan fingerprint density at radius 1 is 1.33 bits per heavy atom. The standard InChI is InChI=1S/C14H13N5O2/c1-9(11-4-2-10(8-15)3-5-11)17-13-7-6-12(19(20)21)14(16)18-13/h2-7,9H,1H3,(H3,16,17,18). The third-order valence-electron chi connectivity index (χ3n) is 3.00. The minimum atomic E-state index is -0.573. The van der Waals surface area contributed by atoms with Crippen LogP contribution in [0, 0.1) is 21.4 Å². The van der Waals surface area contributed by atoms with Crippen LogP contribution in [-0.2, 0) is 0 Å². The van der Waals surface area contributed by atoms with Gasteiger partial charge in [-0.25, -0.2) is 4.98 Å². The topological polar surface area (TPSA) is 118 Å². The lowest BCUT2D eigenvalue weighted by atomic mass is 10.1. The summed E-state index contributed by atoms with van der Waals surface area (Å²) in [5, 5.41) is 22.5. The molecule has 1 unspecified atom stereocenters. The van der Waals surface area contributed by atoms with Crippen LogP contribution in [0.25, 0.3) is 0 Å². The molecule has 7 heteroatoms. The van der Waals surface area contributed by atoms with E-state index in [1.807, 2.05) is 19.1 Å². The predicted octanol–water partition coefficient (Wildman–Crippen LogP) is 2.62. The molecule has 0 spiro atoms. The van der Waals surface area contributed by atoms with Gasteiger partial charge in [-0.05, 0) is 30.7 Å². The molecular formula is C14H13N5O2. The molecule has 0 aliphatic carbocycles. The fourth-order valence-corrected chi connectivity index (χ4v) is 1.85. The van der Waals surface area contributed by atoms with E-state index in [4.69, 9.17) is 11.0 Å². The number of nitrogen functional groups attached to an aromatic ring is 1. The minimum absolute atomic E-state index is 0.0777. The molecule has 1 aromatic carbocycles. The number of nitro groups is 1. The molecule has 0 aliphatic rings. The Labute approximate surface area is 121 Å². The van der Waals surface area contributed by atoms with Gasteiger partial charge in [-0.15, -0.1) is 0 Å². The number of pyridine rings is 1. The van der Waals surface area contributed by atoms with Crippen LogP contribution in [0.5, 0.6) is 0 Å². The number of rotatable bonds is 4. The van der Waals surface area contributed by atoms with Gasteiger partial charge in [0.2, 0.25) is 5.82 Å². The maximum Gasteiger partial charge on any atom is 0.311 e. The largest absolute Gasteiger partial charge is 0.378 e. The Kier molecular flexibility index (Phi) is 4.00. The fraction of sp³-hybridized carbons (Fsp3) is 0.143. The molecule has 1 aromatic heterocycles. The second-order valence-electron chi connectivity index (χ2n) is 4.46. The lowest BCUT2D eigenvalue weighted by Gasteiger charge is -2.15. The molecule has 3 N–H and O–H groups in total. The highest BCUT2D eigenvalue weighted by atomic mass is 16.6. The lowest BCUT2D eigenvalue weighted by Crippen LogP contribution is -2.09. The average Bonchev–Trinajstić information content (AvgIpc) is 2.47. The van der Waals surface area contributed by atoms with Crippen molar-refractivity contribution >= 4 is 17.3 Å². The molecule has 2 rings (SSSR count). The average molecular weight is 283 g/mol. The van der Waals surface area contributed by atoms with Crippen LogP contribution >= 0.6 is 0 Å². The number of aromatic nitrogens is 1. The van der Waals surface area contributed by atoms with Crippen LogP contribution in [-0.4, -0.2) is 9.91 Å². The smallest absolute Gasteiger partial charge is 0.311 e. The molecule has 0 amide bonds. The van der Waals surface area contributed by atoms with Gasteiger partial charge in [0.15, 0.2) is 0 Å². The molecule has 7 nitrogen and oxygen atoms in total. The summed E-state index contributed by atoms with van der Waals surface area (Å²) < 4.78 is 0. The molecule has 21 heavy (non-hydrogen) atoms. The quantitative estimate of drug-likeness (QED) is 0.657. The summed E-state index contributed by atoms with van der Waals surface area (Å²) in [5.74, 6) is 0.326. The van der Waals surface area contributed by atoms with E-state index in [1.165, 1.54) is 12.1 Å². The summed E-state index contributed by atoms with van der Waals surface area (Å²) in [5.41, 5.74) is 6.88. The highest BCUT2D eigenvalue weighted by molar-refractivity contribution is 5.57. The minimum Gasteiger partial charge on any atom is -0.378 e. The zero-order valence-corrected chi connectivity index (χ0v) is 11.3. The summed E-state index contributed by atoms with van der Waals surface area (Å²) in [6.45, 7) is 1.92. The molecule has 1 atom stereocenters. The number of hydrogen-bond acceptors (Lipinski definition) is 6. The molecule has 2 aromatic rings. The second-order valence-corrected chi connectivity index (χ2v) is 4.46. The molecule has 0 bridgehead atoms. The van der Waals surface area contributed by atoms with Crippen molar-refractivity contribution in [3.63, 3.8) is 0 Å². The Hall–Kier alpha value is -3.14. The molecule has 0 saturated heterocycles. The van der Waals surface area contributed by atoms with E-state index in [9.17, 15) is 10.1 Å². The first-order valence-corrected chi connectivity index (χ1v) is 6.19. The number of nitrogens with one attached hydrogen (secondary N) is 1. The van der Waals surface area contributed by atoms with E-state index in [1.54, 1.807) is 12.1 Å². The highest BCUT2D eigenvalue weighted by Crippen LogP contribution is 2.23. The number of benzene rings is 1. The van der Waals surface area contributed by atoms with Gasteiger partial charge in [-0.2, -0.15) is 5.26 Å². The molecule has 106 valence electrons. The van der Waals surface area contributed by atoms with Gasteiger partial charge in [0.1, 0.15) is 5.82 Å². The lowest BCUT2D eigenvalue weighted by molar-refractivity contribution is -0.384. The number of nitriles is 1. The van der Waals surface area contributed by atoms with E-state index in [0.29, 0.717) is 11.4 Å². The van der Waals surface area contributed by atoms with Gasteiger partial charge < -0.3 is 11.1 Å². The van der Waals surface area contributed by atoms with Crippen molar-refractivity contribution in [2.45, 2.75) is 13.0 Å². The maximum atomic E-state index is 10.7. The van der Waals surface area contributed by atoms with Crippen LogP contribution < -0.4 is 11.1 Å². The first-order valence-electron chi connectivity index (χ1n) is 6.19. The van der Waals surface area contributed by atoms with Gasteiger partial charge in [-0.3, -0.25) is 10.1 Å². The van der Waals surface area contributed by atoms with Gasteiger partial charge in [0, 0.05) is 12.1 Å². The van der Waals surface area contributed by atoms with Crippen LogP contribution in [0.1, 0.15) is 24.1 Å². The number of hydrogen-bond donors (Lipinski definition) is 2. The number of anilines is 2. The Morgan fingerprint density at radius 3 is 2.52 bits per heavy atom. The molecule has 0 fully saturated rings. The van der Waals surface area contributed by atoms with Crippen molar-refractivity contribution in [2.24, 2.45) is 0 Å². The number of nitrogens with two attached hydrogens (primary N) is 1. The molecule has 1 heterocycles. The van der Waals surface area contributed by atoms with Crippen molar-refractivity contribution in [2.75, 3.05) is 11.1 Å². The van der Waals surface area contributed by atoms with Crippen molar-refractivity contribution in [3.05, 3.63) is 57.6 Å². The monoisotopic (exact) mass is 283 g/mol. The maximum absolute atomic E-state index is 10.7. The van der Waals surface area contributed by atoms with Crippen LogP contribution in [0.15, 0.2) is 36.4 Å². The first kappa shape index (κ1) is 14.3. The first-order chi connectivity index (χ1) is 10.0. The van der Waals surface area contributed by atoms with Crippen LogP contribution in [0.3, 0.4) is 0 Å². The van der Waals surface area contributed by atoms with E-state index in [2.05, 4.69) is 16.4 Å². The Balaban J connectivity index is 2.15. The molecule has 0 radical (unpaired) electrons. The summed E-state index contributed by atoms with van der Waals surface area (Å²) in [7, 11) is 0. The van der Waals surface area contributed by atoms with Crippen LogP contribution in [0.4, 0.5) is 17.3 Å². The van der Waals surface area contributed by atoms with E-state index < -0.39 is 4.92 Å². The van der Waals surface area contributed by atoms with E-state index >= 15 is 0 Å². The van der Waals surface area contributed by atoms with Crippen molar-refractivity contribution in [3.8, 4) is 6.07 Å². The Bertz CT molecular complexity index is 706. The highest BCUT2D eigenvalue weighted by Gasteiger charge is 2.14. The van der Waals surface area contributed by atoms with Crippen molar-refractivity contribution < 1.29 is 4.92 Å². The third-order valence-corrected chi connectivity index (χ3v) is 3.00. The van der Waals surface area contributed by atoms with E-state index in [-0.39, 0.29) is 17.5 Å². The fourth-order valence-electron chi connectivity index (χ4n) is 1.85. The molecule has 0 aliphatic heterocycles. The van der Waals surface area contributed by atoms with Gasteiger partial charge in [0.25, 0.3) is 0 Å². The van der Waals surface area contributed by atoms with Crippen molar-refractivity contribution in [1.29, 1.82) is 5.26 Å². The molecular weight excluding hydrogens is 270 g/mol. The van der Waals surface area contributed by atoms with Crippen LogP contribution in [0.2, 0.25) is 0 Å². The summed E-state index contributed by atoms with van der Waals surface area (Å²) >= 11 is 0. The third kappa shape index (κ3) is 3.25. The predicted molar refractivity (Wildman–Crippen MR) is 78.5 cm³/mol.